The molecule has 5 nitrogen and oxygen atoms in total. The van der Waals surface area contributed by atoms with Crippen LogP contribution in [-0.4, -0.2) is 34.3 Å². The first-order valence-corrected chi connectivity index (χ1v) is 11.5. The van der Waals surface area contributed by atoms with Gasteiger partial charge >= 0.3 is 6.18 Å². The molecule has 1 aliphatic heterocycles. The Kier molecular flexibility index (Phi) is 5.53. The maximum absolute atomic E-state index is 14.1. The summed E-state index contributed by atoms with van der Waals surface area (Å²) in [4.78, 5) is 4.37. The highest BCUT2D eigenvalue weighted by Gasteiger charge is 2.62. The van der Waals surface area contributed by atoms with Gasteiger partial charge in [-0.2, -0.15) is 23.3 Å². The zero-order valence-corrected chi connectivity index (χ0v) is 18.9. The largest absolute Gasteiger partial charge is 0.494 e. The molecule has 0 saturated heterocycles. The number of aliphatic hydroxyl groups is 1. The second-order valence-electron chi connectivity index (χ2n) is 7.85. The van der Waals surface area contributed by atoms with Crippen LogP contribution < -0.4 is 9.75 Å². The zero-order chi connectivity index (χ0) is 23.9. The summed E-state index contributed by atoms with van der Waals surface area (Å²) in [6.45, 7) is 2.41. The van der Waals surface area contributed by atoms with Gasteiger partial charge in [0.05, 0.1) is 24.4 Å². The number of hydrazone groups is 1. The molecule has 2 heterocycles. The molecular weight excluding hydrogens is 463 g/mol. The lowest BCUT2D eigenvalue weighted by atomic mass is 9.96. The van der Waals surface area contributed by atoms with Crippen LogP contribution >= 0.6 is 11.3 Å². The van der Waals surface area contributed by atoms with E-state index in [1.165, 1.54) is 0 Å². The van der Waals surface area contributed by atoms with Gasteiger partial charge in [-0.3, -0.25) is 0 Å². The fourth-order valence-electron chi connectivity index (χ4n) is 3.98. The molecule has 5 rings (SSSR count). The van der Waals surface area contributed by atoms with Gasteiger partial charge in [0.1, 0.15) is 5.75 Å². The zero-order valence-electron chi connectivity index (χ0n) is 18.1. The maximum Gasteiger partial charge on any atom is 0.438 e. The van der Waals surface area contributed by atoms with Crippen molar-refractivity contribution in [1.29, 1.82) is 0 Å². The predicted molar refractivity (Wildman–Crippen MR) is 127 cm³/mol. The molecule has 4 aromatic rings. The highest BCUT2D eigenvalue weighted by molar-refractivity contribution is 7.14. The van der Waals surface area contributed by atoms with Gasteiger partial charge in [-0.1, -0.05) is 42.5 Å². The second kappa shape index (κ2) is 8.41. The molecule has 0 spiro atoms. The fraction of sp³-hybridized carbons (Fsp3) is 0.200. The summed E-state index contributed by atoms with van der Waals surface area (Å²) in [7, 11) is 0. The van der Waals surface area contributed by atoms with Crippen molar-refractivity contribution in [2.24, 2.45) is 5.10 Å². The van der Waals surface area contributed by atoms with Crippen molar-refractivity contribution in [3.63, 3.8) is 0 Å². The van der Waals surface area contributed by atoms with Gasteiger partial charge in [0.15, 0.2) is 0 Å². The summed E-state index contributed by atoms with van der Waals surface area (Å²) >= 11 is 0.992. The summed E-state index contributed by atoms with van der Waals surface area (Å²) in [5, 5.41) is 19.0. The Morgan fingerprint density at radius 3 is 2.53 bits per heavy atom. The van der Waals surface area contributed by atoms with E-state index >= 15 is 0 Å². The van der Waals surface area contributed by atoms with E-state index in [9.17, 15) is 18.3 Å². The molecule has 9 heteroatoms. The molecule has 174 valence electrons. The minimum absolute atomic E-state index is 0.0426. The lowest BCUT2D eigenvalue weighted by Gasteiger charge is -2.32. The molecule has 0 bridgehead atoms. The number of aromatic nitrogens is 1. The van der Waals surface area contributed by atoms with Gasteiger partial charge in [0, 0.05) is 16.5 Å². The molecule has 0 aliphatic carbocycles. The number of benzene rings is 3. The van der Waals surface area contributed by atoms with Crippen LogP contribution in [0.25, 0.3) is 22.0 Å². The van der Waals surface area contributed by atoms with Crippen molar-refractivity contribution in [1.82, 2.24) is 4.98 Å². The summed E-state index contributed by atoms with van der Waals surface area (Å²) in [5.74, 6) is 0.692. The van der Waals surface area contributed by atoms with Gasteiger partial charge in [0.2, 0.25) is 5.13 Å². The number of halogens is 3. The molecule has 1 aromatic heterocycles. The Labute approximate surface area is 197 Å². The molecule has 34 heavy (non-hydrogen) atoms. The molecule has 0 radical (unpaired) electrons. The van der Waals surface area contributed by atoms with Crippen molar-refractivity contribution < 1.29 is 23.0 Å². The molecule has 3 aromatic carbocycles. The van der Waals surface area contributed by atoms with E-state index in [2.05, 4.69) is 10.1 Å². The number of anilines is 1. The molecule has 0 fully saturated rings. The van der Waals surface area contributed by atoms with Crippen molar-refractivity contribution in [3.8, 4) is 17.0 Å². The van der Waals surface area contributed by atoms with Crippen LogP contribution in [0.15, 0.2) is 77.2 Å². The number of ether oxygens (including phenoxy) is 1. The maximum atomic E-state index is 14.1. The van der Waals surface area contributed by atoms with Crippen LogP contribution in [0.5, 0.6) is 5.75 Å². The van der Waals surface area contributed by atoms with Crippen molar-refractivity contribution in [2.75, 3.05) is 11.6 Å². The number of thiazole rings is 1. The summed E-state index contributed by atoms with van der Waals surface area (Å²) in [6.07, 6.45) is -5.66. The number of rotatable bonds is 5. The topological polar surface area (TPSA) is 58.0 Å². The van der Waals surface area contributed by atoms with Crippen molar-refractivity contribution >= 4 is 33.0 Å². The molecule has 1 atom stereocenters. The van der Waals surface area contributed by atoms with Gasteiger partial charge in [-0.25, -0.2) is 4.98 Å². The highest BCUT2D eigenvalue weighted by Crippen LogP contribution is 2.45. The monoisotopic (exact) mass is 483 g/mol. The lowest BCUT2D eigenvalue weighted by Crippen LogP contribution is -2.55. The van der Waals surface area contributed by atoms with Crippen LogP contribution in [-0.2, 0) is 0 Å². The first-order chi connectivity index (χ1) is 16.3. The van der Waals surface area contributed by atoms with Gasteiger partial charge in [-0.05, 0) is 42.0 Å². The van der Waals surface area contributed by atoms with Crippen LogP contribution in [0.1, 0.15) is 18.9 Å². The predicted octanol–water partition coefficient (Wildman–Crippen LogP) is 6.23. The smallest absolute Gasteiger partial charge is 0.438 e. The Morgan fingerprint density at radius 1 is 1.06 bits per heavy atom. The number of nitrogens with zero attached hydrogens (tertiary/aromatic N) is 3. The lowest BCUT2D eigenvalue weighted by molar-refractivity contribution is -0.254. The highest BCUT2D eigenvalue weighted by atomic mass is 32.1. The molecule has 1 N–H and O–H groups in total. The SMILES string of the molecule is CCOc1ccc(-c2csc(N3N=C(c4cccc5ccccc45)C[C@]3(O)C(F)(F)F)n2)cc1. The summed E-state index contributed by atoms with van der Waals surface area (Å²) in [6, 6.07) is 19.9. The normalized spacial score (nSPS) is 18.4. The summed E-state index contributed by atoms with van der Waals surface area (Å²) < 4.78 is 47.8. The number of fused-ring (bicyclic) bond motifs is 1. The Bertz CT molecular complexity index is 1360. The standard InChI is InChI=1S/C25H20F3N3O2S/c1-2-33-18-12-10-17(11-13-18)22-15-34-23(29-22)31-24(32,25(26,27)28)14-21(30-31)20-9-5-7-16-6-3-4-8-19(16)20/h3-13,15,32H,2,14H2,1H3/t24-/m0/s1. The van der Waals surface area contributed by atoms with Gasteiger partial charge in [0.25, 0.3) is 5.72 Å². The average molecular weight is 484 g/mol. The Balaban J connectivity index is 1.55. The molecule has 0 amide bonds. The molecule has 0 unspecified atom stereocenters. The quantitative estimate of drug-likeness (QED) is 0.366. The van der Waals surface area contributed by atoms with E-state index in [-0.39, 0.29) is 10.8 Å². The Hall–Kier alpha value is -3.43. The van der Waals surface area contributed by atoms with E-state index < -0.39 is 18.3 Å². The first kappa shape index (κ1) is 22.4. The van der Waals surface area contributed by atoms with Crippen molar-refractivity contribution in [2.45, 2.75) is 25.2 Å². The minimum atomic E-state index is -4.95. The number of hydrogen-bond acceptors (Lipinski definition) is 6. The molecular formula is C25H20F3N3O2S. The molecule has 1 aliphatic rings. The van der Waals surface area contributed by atoms with E-state index in [1.54, 1.807) is 41.8 Å². The fourth-order valence-corrected chi connectivity index (χ4v) is 4.83. The van der Waals surface area contributed by atoms with Gasteiger partial charge in [-0.15, -0.1) is 11.3 Å². The minimum Gasteiger partial charge on any atom is -0.494 e. The second-order valence-corrected chi connectivity index (χ2v) is 8.69. The van der Waals surface area contributed by atoms with Crippen LogP contribution in [0.4, 0.5) is 18.3 Å². The Morgan fingerprint density at radius 2 is 1.79 bits per heavy atom. The number of hydrogen-bond donors (Lipinski definition) is 1. The van der Waals surface area contributed by atoms with E-state index in [4.69, 9.17) is 4.74 Å². The van der Waals surface area contributed by atoms with E-state index in [0.717, 1.165) is 27.7 Å². The van der Waals surface area contributed by atoms with Crippen LogP contribution in [0, 0.1) is 0 Å². The number of alkyl halides is 3. The first-order valence-electron chi connectivity index (χ1n) is 10.6. The van der Waals surface area contributed by atoms with E-state index in [1.807, 2.05) is 37.3 Å². The summed E-state index contributed by atoms with van der Waals surface area (Å²) in [5.41, 5.74) is -1.30. The third-order valence-electron chi connectivity index (χ3n) is 5.67. The third-order valence-corrected chi connectivity index (χ3v) is 6.49. The molecule has 0 saturated carbocycles. The van der Waals surface area contributed by atoms with Crippen molar-refractivity contribution in [3.05, 3.63) is 77.7 Å². The van der Waals surface area contributed by atoms with Crippen LogP contribution in [0.3, 0.4) is 0 Å². The third kappa shape index (κ3) is 3.80. The van der Waals surface area contributed by atoms with E-state index in [0.29, 0.717) is 28.6 Å². The van der Waals surface area contributed by atoms with Crippen LogP contribution in [0.2, 0.25) is 0 Å². The average Bonchev–Trinajstić information content (AvgIpc) is 3.44. The van der Waals surface area contributed by atoms with Gasteiger partial charge < -0.3 is 9.84 Å².